The number of nitrogens with one attached hydrogen (secondary N) is 1. The molecule has 5 heteroatoms. The second-order valence-electron chi connectivity index (χ2n) is 3.97. The van der Waals surface area contributed by atoms with Gasteiger partial charge in [-0.2, -0.15) is 0 Å². The first kappa shape index (κ1) is 13.5. The van der Waals surface area contributed by atoms with Crippen LogP contribution in [0, 0.1) is 11.2 Å². The number of nitrogen functional groups attached to an aromatic ring is 1. The maximum Gasteiger partial charge on any atom is 0.165 e. The molecule has 0 unspecified atom stereocenters. The SMILES string of the molecule is N=C(N)c1ccc(OCc2ccc(Br)cc2)c(F)c1. The summed E-state index contributed by atoms with van der Waals surface area (Å²) in [5.74, 6) is -0.545. The van der Waals surface area contributed by atoms with Crippen LogP contribution in [0.25, 0.3) is 0 Å². The van der Waals surface area contributed by atoms with Gasteiger partial charge in [0.2, 0.25) is 0 Å². The lowest BCUT2D eigenvalue weighted by Crippen LogP contribution is -2.11. The number of halogens is 2. The predicted molar refractivity (Wildman–Crippen MR) is 75.9 cm³/mol. The standard InChI is InChI=1S/C14H12BrFN2O/c15-11-4-1-9(2-5-11)8-19-13-6-3-10(14(17)18)7-12(13)16/h1-7H,8H2,(H3,17,18). The summed E-state index contributed by atoms with van der Waals surface area (Å²) >= 11 is 3.34. The Balaban J connectivity index is 2.07. The molecule has 0 bridgehead atoms. The predicted octanol–water partition coefficient (Wildman–Crippen LogP) is 3.45. The van der Waals surface area contributed by atoms with Crippen LogP contribution in [0.15, 0.2) is 46.9 Å². The van der Waals surface area contributed by atoms with Gasteiger partial charge < -0.3 is 10.5 Å². The molecule has 19 heavy (non-hydrogen) atoms. The van der Waals surface area contributed by atoms with Crippen LogP contribution in [0.1, 0.15) is 11.1 Å². The van der Waals surface area contributed by atoms with Crippen molar-refractivity contribution in [1.82, 2.24) is 0 Å². The smallest absolute Gasteiger partial charge is 0.165 e. The van der Waals surface area contributed by atoms with Gasteiger partial charge in [-0.1, -0.05) is 28.1 Å². The Morgan fingerprint density at radius 2 is 1.89 bits per heavy atom. The maximum absolute atomic E-state index is 13.7. The number of amidine groups is 1. The normalized spacial score (nSPS) is 10.2. The summed E-state index contributed by atoms with van der Waals surface area (Å²) in [5.41, 5.74) is 6.57. The number of ether oxygens (including phenoxy) is 1. The molecule has 0 atom stereocenters. The molecule has 0 radical (unpaired) electrons. The molecule has 0 aliphatic rings. The Morgan fingerprint density at radius 3 is 2.47 bits per heavy atom. The Hall–Kier alpha value is -1.88. The quantitative estimate of drug-likeness (QED) is 0.669. The zero-order valence-corrected chi connectivity index (χ0v) is 11.6. The molecule has 0 fully saturated rings. The van der Waals surface area contributed by atoms with Crippen molar-refractivity contribution < 1.29 is 9.13 Å². The van der Waals surface area contributed by atoms with E-state index in [0.29, 0.717) is 5.56 Å². The third-order valence-corrected chi connectivity index (χ3v) is 3.08. The summed E-state index contributed by atoms with van der Waals surface area (Å²) in [6.07, 6.45) is 0. The molecule has 0 spiro atoms. The van der Waals surface area contributed by atoms with Gasteiger partial charge in [-0.25, -0.2) is 4.39 Å². The molecular formula is C14H12BrFN2O. The molecule has 3 nitrogen and oxygen atoms in total. The Morgan fingerprint density at radius 1 is 1.21 bits per heavy atom. The fourth-order valence-electron chi connectivity index (χ4n) is 1.53. The highest BCUT2D eigenvalue weighted by Gasteiger charge is 2.06. The Bertz CT molecular complexity index is 599. The van der Waals surface area contributed by atoms with Gasteiger partial charge in [0.05, 0.1) is 0 Å². The van der Waals surface area contributed by atoms with E-state index in [1.165, 1.54) is 12.1 Å². The first-order valence-corrected chi connectivity index (χ1v) is 6.37. The van der Waals surface area contributed by atoms with Crippen LogP contribution in [0.2, 0.25) is 0 Å². The third kappa shape index (κ3) is 3.54. The first-order chi connectivity index (χ1) is 9.06. The van der Waals surface area contributed by atoms with Gasteiger partial charge in [0.1, 0.15) is 12.4 Å². The van der Waals surface area contributed by atoms with Gasteiger partial charge in [0.25, 0.3) is 0 Å². The van der Waals surface area contributed by atoms with Crippen molar-refractivity contribution in [3.05, 3.63) is 63.9 Å². The van der Waals surface area contributed by atoms with Crippen LogP contribution < -0.4 is 10.5 Å². The van der Waals surface area contributed by atoms with Crippen LogP contribution in [0.5, 0.6) is 5.75 Å². The highest BCUT2D eigenvalue weighted by Crippen LogP contribution is 2.20. The summed E-state index contributed by atoms with van der Waals surface area (Å²) < 4.78 is 20.1. The minimum Gasteiger partial charge on any atom is -0.486 e. The first-order valence-electron chi connectivity index (χ1n) is 5.57. The van der Waals surface area contributed by atoms with E-state index in [4.69, 9.17) is 15.9 Å². The van der Waals surface area contributed by atoms with E-state index >= 15 is 0 Å². The lowest BCUT2D eigenvalue weighted by Gasteiger charge is -2.08. The number of rotatable bonds is 4. The average molecular weight is 323 g/mol. The van der Waals surface area contributed by atoms with Gasteiger partial charge in [-0.05, 0) is 35.9 Å². The van der Waals surface area contributed by atoms with Crippen molar-refractivity contribution in [2.75, 3.05) is 0 Å². The molecule has 0 amide bonds. The molecule has 3 N–H and O–H groups in total. The highest BCUT2D eigenvalue weighted by atomic mass is 79.9. The molecule has 0 saturated heterocycles. The van der Waals surface area contributed by atoms with Crippen LogP contribution in [-0.4, -0.2) is 5.84 Å². The zero-order chi connectivity index (χ0) is 13.8. The monoisotopic (exact) mass is 322 g/mol. The minimum atomic E-state index is -0.523. The van der Waals surface area contributed by atoms with Crippen LogP contribution in [0.3, 0.4) is 0 Å². The number of hydrogen-bond donors (Lipinski definition) is 2. The van der Waals surface area contributed by atoms with Crippen molar-refractivity contribution >= 4 is 21.8 Å². The van der Waals surface area contributed by atoms with E-state index in [1.807, 2.05) is 24.3 Å². The van der Waals surface area contributed by atoms with Crippen LogP contribution >= 0.6 is 15.9 Å². The largest absolute Gasteiger partial charge is 0.486 e. The lowest BCUT2D eigenvalue weighted by atomic mass is 10.2. The van der Waals surface area contributed by atoms with Crippen molar-refractivity contribution in [3.8, 4) is 5.75 Å². The fourth-order valence-corrected chi connectivity index (χ4v) is 1.79. The molecular weight excluding hydrogens is 311 g/mol. The average Bonchev–Trinajstić information content (AvgIpc) is 2.39. The third-order valence-electron chi connectivity index (χ3n) is 2.55. The van der Waals surface area contributed by atoms with Crippen molar-refractivity contribution in [3.63, 3.8) is 0 Å². The van der Waals surface area contributed by atoms with E-state index < -0.39 is 5.82 Å². The lowest BCUT2D eigenvalue weighted by molar-refractivity contribution is 0.290. The van der Waals surface area contributed by atoms with Gasteiger partial charge >= 0.3 is 0 Å². The van der Waals surface area contributed by atoms with E-state index in [0.717, 1.165) is 10.0 Å². The fraction of sp³-hybridized carbons (Fsp3) is 0.0714. The number of nitrogens with two attached hydrogens (primary N) is 1. The Kier molecular flexibility index (Phi) is 4.16. The molecule has 98 valence electrons. The van der Waals surface area contributed by atoms with E-state index in [-0.39, 0.29) is 18.2 Å². The van der Waals surface area contributed by atoms with Crippen molar-refractivity contribution in [2.24, 2.45) is 5.73 Å². The van der Waals surface area contributed by atoms with Gasteiger partial charge in [0, 0.05) is 10.0 Å². The summed E-state index contributed by atoms with van der Waals surface area (Å²) in [6, 6.07) is 11.8. The minimum absolute atomic E-state index is 0.146. The van der Waals surface area contributed by atoms with E-state index in [1.54, 1.807) is 6.07 Å². The van der Waals surface area contributed by atoms with Gasteiger partial charge in [-0.3, -0.25) is 5.41 Å². The number of hydrogen-bond acceptors (Lipinski definition) is 2. The summed E-state index contributed by atoms with van der Waals surface area (Å²) in [5, 5.41) is 7.22. The Labute approximate surface area is 118 Å². The molecule has 0 aliphatic carbocycles. The molecule has 2 aromatic rings. The van der Waals surface area contributed by atoms with Gasteiger partial charge in [-0.15, -0.1) is 0 Å². The topological polar surface area (TPSA) is 59.1 Å². The molecule has 2 rings (SSSR count). The van der Waals surface area contributed by atoms with Crippen molar-refractivity contribution in [2.45, 2.75) is 6.61 Å². The summed E-state index contributed by atoms with van der Waals surface area (Å²) in [7, 11) is 0. The molecule has 0 saturated carbocycles. The van der Waals surface area contributed by atoms with E-state index in [9.17, 15) is 4.39 Å². The maximum atomic E-state index is 13.7. The second-order valence-corrected chi connectivity index (χ2v) is 4.89. The highest BCUT2D eigenvalue weighted by molar-refractivity contribution is 9.10. The van der Waals surface area contributed by atoms with Crippen LogP contribution in [0.4, 0.5) is 4.39 Å². The van der Waals surface area contributed by atoms with E-state index in [2.05, 4.69) is 15.9 Å². The number of benzene rings is 2. The molecule has 2 aromatic carbocycles. The summed E-state index contributed by atoms with van der Waals surface area (Å²) in [4.78, 5) is 0. The molecule has 0 aromatic heterocycles. The second kappa shape index (κ2) is 5.84. The van der Waals surface area contributed by atoms with Crippen LogP contribution in [-0.2, 0) is 6.61 Å². The zero-order valence-electron chi connectivity index (χ0n) is 9.99. The van der Waals surface area contributed by atoms with Crippen molar-refractivity contribution in [1.29, 1.82) is 5.41 Å². The van der Waals surface area contributed by atoms with Gasteiger partial charge in [0.15, 0.2) is 11.6 Å². The summed E-state index contributed by atoms with van der Waals surface area (Å²) in [6.45, 7) is 0.281. The molecule has 0 aliphatic heterocycles. The molecule has 0 heterocycles.